The van der Waals surface area contributed by atoms with E-state index >= 15 is 0 Å². The summed E-state index contributed by atoms with van der Waals surface area (Å²) in [6, 6.07) is 1.76. The summed E-state index contributed by atoms with van der Waals surface area (Å²) in [4.78, 5) is 14.6. The van der Waals surface area contributed by atoms with E-state index in [0.29, 0.717) is 0 Å². The molecule has 0 aliphatic heterocycles. The fourth-order valence-electron chi connectivity index (χ4n) is 0.787. The van der Waals surface area contributed by atoms with Gasteiger partial charge in [-0.1, -0.05) is 15.9 Å². The van der Waals surface area contributed by atoms with Crippen molar-refractivity contribution in [1.29, 1.82) is 0 Å². The van der Waals surface area contributed by atoms with Crippen molar-refractivity contribution in [2.75, 3.05) is 5.33 Å². The number of hydrogen-bond acceptors (Lipinski definition) is 2. The van der Waals surface area contributed by atoms with Gasteiger partial charge >= 0.3 is 5.69 Å². The summed E-state index contributed by atoms with van der Waals surface area (Å²) in [6.45, 7) is 0.734. The van der Waals surface area contributed by atoms with E-state index in [9.17, 15) is 4.79 Å². The molecule has 0 saturated heterocycles. The van der Waals surface area contributed by atoms with E-state index in [1.54, 1.807) is 16.8 Å². The first kappa shape index (κ1) is 8.46. The van der Waals surface area contributed by atoms with Gasteiger partial charge in [-0.3, -0.25) is 4.57 Å². The molecule has 0 saturated carbocycles. The molecule has 4 heteroatoms. The minimum absolute atomic E-state index is 0.173. The molecule has 1 aromatic rings. The number of aromatic nitrogens is 2. The standard InChI is InChI=1S/C7H9BrN2O/c8-3-1-5-10-6-2-4-9-7(10)11/h2,4,6H,1,3,5H2. The van der Waals surface area contributed by atoms with Crippen LogP contribution in [0.4, 0.5) is 0 Å². The molecule has 0 aromatic carbocycles. The summed E-state index contributed by atoms with van der Waals surface area (Å²) in [7, 11) is 0. The second kappa shape index (κ2) is 4.28. The third-order valence-electron chi connectivity index (χ3n) is 1.32. The molecular formula is C7H9BrN2O. The van der Waals surface area contributed by atoms with E-state index in [0.717, 1.165) is 18.3 Å². The number of hydrogen-bond donors (Lipinski definition) is 0. The van der Waals surface area contributed by atoms with Crippen LogP contribution < -0.4 is 5.69 Å². The summed E-state index contributed by atoms with van der Waals surface area (Å²) < 4.78 is 1.60. The topological polar surface area (TPSA) is 34.9 Å². The molecule has 0 N–H and O–H groups in total. The van der Waals surface area contributed by atoms with Crippen LogP contribution in [0.3, 0.4) is 0 Å². The maximum Gasteiger partial charge on any atom is 0.347 e. The Hall–Kier alpha value is -0.640. The molecule has 0 fully saturated rings. The quantitative estimate of drug-likeness (QED) is 0.708. The van der Waals surface area contributed by atoms with Crippen LogP contribution in [0.25, 0.3) is 0 Å². The van der Waals surface area contributed by atoms with Gasteiger partial charge in [-0.2, -0.15) is 0 Å². The van der Waals surface area contributed by atoms with Crippen LogP contribution in [-0.4, -0.2) is 14.9 Å². The molecule has 0 spiro atoms. The molecule has 1 heterocycles. The predicted octanol–water partition coefficient (Wildman–Crippen LogP) is 1.03. The first-order valence-electron chi connectivity index (χ1n) is 3.42. The highest BCUT2D eigenvalue weighted by Gasteiger charge is 1.92. The van der Waals surface area contributed by atoms with E-state index in [2.05, 4.69) is 20.9 Å². The van der Waals surface area contributed by atoms with Crippen LogP contribution in [0.5, 0.6) is 0 Å². The zero-order chi connectivity index (χ0) is 8.10. The second-order valence-electron chi connectivity index (χ2n) is 2.14. The van der Waals surface area contributed by atoms with Crippen LogP contribution in [0.2, 0.25) is 0 Å². The first-order chi connectivity index (χ1) is 5.34. The third-order valence-corrected chi connectivity index (χ3v) is 1.88. The van der Waals surface area contributed by atoms with Crippen molar-refractivity contribution in [2.24, 2.45) is 0 Å². The monoisotopic (exact) mass is 216 g/mol. The molecule has 0 radical (unpaired) electrons. The number of aryl methyl sites for hydroxylation is 1. The summed E-state index contributed by atoms with van der Waals surface area (Å²) in [6.07, 6.45) is 4.20. The summed E-state index contributed by atoms with van der Waals surface area (Å²) in [5, 5.41) is 0.911. The highest BCUT2D eigenvalue weighted by Crippen LogP contribution is 1.90. The Labute approximate surface area is 73.2 Å². The van der Waals surface area contributed by atoms with Crippen LogP contribution >= 0.6 is 15.9 Å². The molecule has 0 atom stereocenters. The molecule has 0 aliphatic carbocycles. The lowest BCUT2D eigenvalue weighted by Crippen LogP contribution is -2.21. The van der Waals surface area contributed by atoms with E-state index in [4.69, 9.17) is 0 Å². The molecule has 0 aliphatic rings. The van der Waals surface area contributed by atoms with Crippen molar-refractivity contribution in [1.82, 2.24) is 9.55 Å². The maximum absolute atomic E-state index is 11.0. The minimum atomic E-state index is -0.173. The lowest BCUT2D eigenvalue weighted by Gasteiger charge is -1.99. The van der Waals surface area contributed by atoms with Crippen molar-refractivity contribution in [2.45, 2.75) is 13.0 Å². The van der Waals surface area contributed by atoms with E-state index < -0.39 is 0 Å². The van der Waals surface area contributed by atoms with Gasteiger partial charge in [-0.05, 0) is 12.5 Å². The Morgan fingerprint density at radius 2 is 2.45 bits per heavy atom. The van der Waals surface area contributed by atoms with E-state index in [1.807, 2.05) is 0 Å². The molecule has 60 valence electrons. The lowest BCUT2D eigenvalue weighted by molar-refractivity contribution is 0.641. The molecule has 0 amide bonds. The van der Waals surface area contributed by atoms with Crippen molar-refractivity contribution in [3.05, 3.63) is 28.9 Å². The third kappa shape index (κ3) is 2.46. The van der Waals surface area contributed by atoms with Crippen molar-refractivity contribution < 1.29 is 0 Å². The molecule has 3 nitrogen and oxygen atoms in total. The second-order valence-corrected chi connectivity index (χ2v) is 2.93. The molecule has 11 heavy (non-hydrogen) atoms. The van der Waals surface area contributed by atoms with Crippen LogP contribution in [-0.2, 0) is 6.54 Å². The smallest absolute Gasteiger partial charge is 0.299 e. The normalized spacial score (nSPS) is 9.91. The largest absolute Gasteiger partial charge is 0.347 e. The molecule has 1 rings (SSSR count). The van der Waals surface area contributed by atoms with Crippen LogP contribution in [0.15, 0.2) is 23.3 Å². The lowest BCUT2D eigenvalue weighted by atomic mass is 10.5. The van der Waals surface area contributed by atoms with Gasteiger partial charge in [-0.15, -0.1) is 0 Å². The van der Waals surface area contributed by atoms with Crippen molar-refractivity contribution in [3.8, 4) is 0 Å². The fraction of sp³-hybridized carbons (Fsp3) is 0.429. The van der Waals surface area contributed by atoms with Gasteiger partial charge in [0.25, 0.3) is 0 Å². The Bertz CT molecular complexity index is 271. The highest BCUT2D eigenvalue weighted by molar-refractivity contribution is 9.09. The average molecular weight is 217 g/mol. The Balaban J connectivity index is 2.70. The van der Waals surface area contributed by atoms with Gasteiger partial charge in [0.05, 0.1) is 0 Å². The predicted molar refractivity (Wildman–Crippen MR) is 46.9 cm³/mol. The van der Waals surface area contributed by atoms with Crippen LogP contribution in [0, 0.1) is 0 Å². The Morgan fingerprint density at radius 3 is 3.09 bits per heavy atom. The highest BCUT2D eigenvalue weighted by atomic mass is 79.9. The van der Waals surface area contributed by atoms with E-state index in [1.165, 1.54) is 6.20 Å². The fourth-order valence-corrected chi connectivity index (χ4v) is 1.04. The maximum atomic E-state index is 11.0. The molecule has 1 aromatic heterocycles. The van der Waals surface area contributed by atoms with Gasteiger partial charge in [0, 0.05) is 24.3 Å². The van der Waals surface area contributed by atoms with E-state index in [-0.39, 0.29) is 5.69 Å². The number of halogens is 1. The zero-order valence-electron chi connectivity index (χ0n) is 6.03. The average Bonchev–Trinajstić information content (AvgIpc) is 2.03. The number of nitrogens with zero attached hydrogens (tertiary/aromatic N) is 2. The van der Waals surface area contributed by atoms with Gasteiger partial charge < -0.3 is 0 Å². The number of rotatable bonds is 3. The van der Waals surface area contributed by atoms with Gasteiger partial charge in [0.15, 0.2) is 0 Å². The Kier molecular flexibility index (Phi) is 3.29. The minimum Gasteiger partial charge on any atom is -0.299 e. The van der Waals surface area contributed by atoms with Gasteiger partial charge in [0.2, 0.25) is 0 Å². The molecular weight excluding hydrogens is 208 g/mol. The SMILES string of the molecule is O=c1ncccn1CCCBr. The summed E-state index contributed by atoms with van der Waals surface area (Å²) in [5.74, 6) is 0. The molecule has 0 bridgehead atoms. The summed E-state index contributed by atoms with van der Waals surface area (Å²) >= 11 is 3.30. The van der Waals surface area contributed by atoms with Gasteiger partial charge in [0.1, 0.15) is 0 Å². The molecule has 0 unspecified atom stereocenters. The van der Waals surface area contributed by atoms with Crippen molar-refractivity contribution >= 4 is 15.9 Å². The first-order valence-corrected chi connectivity index (χ1v) is 4.54. The zero-order valence-corrected chi connectivity index (χ0v) is 7.62. The van der Waals surface area contributed by atoms with Gasteiger partial charge in [-0.25, -0.2) is 9.78 Å². The summed E-state index contributed by atoms with van der Waals surface area (Å²) in [5.41, 5.74) is -0.173. The number of alkyl halides is 1. The Morgan fingerprint density at radius 1 is 1.64 bits per heavy atom. The van der Waals surface area contributed by atoms with Crippen LogP contribution in [0.1, 0.15) is 6.42 Å². The van der Waals surface area contributed by atoms with Crippen molar-refractivity contribution in [3.63, 3.8) is 0 Å².